The molecule has 124 valence electrons. The van der Waals surface area contributed by atoms with Crippen molar-refractivity contribution in [2.45, 2.75) is 70.1 Å². The highest BCUT2D eigenvalue weighted by molar-refractivity contribution is 5.17. The molecular formula is C19H31NO2. The summed E-state index contributed by atoms with van der Waals surface area (Å²) < 4.78 is 0. The molecule has 4 saturated carbocycles. The van der Waals surface area contributed by atoms with Gasteiger partial charge in [-0.15, -0.1) is 0 Å². The number of nitrogens with two attached hydrogens (primary N) is 1. The smallest absolute Gasteiger partial charge is 0.0836 e. The lowest BCUT2D eigenvalue weighted by atomic mass is 9.45. The number of aliphatic hydroxyl groups is 2. The van der Waals surface area contributed by atoms with Gasteiger partial charge in [-0.25, -0.2) is 0 Å². The SMILES string of the molecule is C=C1CCC2C1CCC1C2C(O)[C@H](O)C2C[C@@H](N)CC[C@]12C. The molecule has 4 aliphatic carbocycles. The molecule has 4 N–H and O–H groups in total. The predicted octanol–water partition coefficient (Wildman–Crippen LogP) is 2.46. The van der Waals surface area contributed by atoms with Crippen LogP contribution in [-0.2, 0) is 0 Å². The van der Waals surface area contributed by atoms with Crippen molar-refractivity contribution in [1.82, 2.24) is 0 Å². The maximum absolute atomic E-state index is 10.9. The van der Waals surface area contributed by atoms with Gasteiger partial charge in [0.1, 0.15) is 0 Å². The highest BCUT2D eigenvalue weighted by Gasteiger charge is 2.61. The normalized spacial score (nSPS) is 57.9. The molecule has 0 amide bonds. The van der Waals surface area contributed by atoms with E-state index in [1.165, 1.54) is 18.4 Å². The van der Waals surface area contributed by atoms with Crippen LogP contribution in [0.3, 0.4) is 0 Å². The second kappa shape index (κ2) is 5.06. The summed E-state index contributed by atoms with van der Waals surface area (Å²) in [7, 11) is 0. The summed E-state index contributed by atoms with van der Waals surface area (Å²) in [6.07, 6.45) is 6.61. The average molecular weight is 305 g/mol. The van der Waals surface area contributed by atoms with E-state index in [0.717, 1.165) is 32.1 Å². The lowest BCUT2D eigenvalue weighted by molar-refractivity contribution is -0.203. The van der Waals surface area contributed by atoms with Crippen LogP contribution in [0.5, 0.6) is 0 Å². The summed E-state index contributed by atoms with van der Waals surface area (Å²) >= 11 is 0. The number of allylic oxidation sites excluding steroid dienone is 1. The molecule has 0 radical (unpaired) electrons. The second-order valence-electron chi connectivity index (χ2n) is 8.86. The van der Waals surface area contributed by atoms with Gasteiger partial charge in [-0.05, 0) is 80.0 Å². The first-order valence-corrected chi connectivity index (χ1v) is 9.23. The zero-order chi connectivity index (χ0) is 15.6. The Morgan fingerprint density at radius 3 is 2.64 bits per heavy atom. The summed E-state index contributed by atoms with van der Waals surface area (Å²) in [5, 5.41) is 21.8. The van der Waals surface area contributed by atoms with E-state index < -0.39 is 12.2 Å². The third-order valence-corrected chi connectivity index (χ3v) is 8.05. The Labute approximate surface area is 134 Å². The van der Waals surface area contributed by atoms with Crippen LogP contribution < -0.4 is 5.73 Å². The van der Waals surface area contributed by atoms with Gasteiger partial charge in [-0.3, -0.25) is 0 Å². The predicted molar refractivity (Wildman–Crippen MR) is 87.0 cm³/mol. The van der Waals surface area contributed by atoms with Gasteiger partial charge in [0.25, 0.3) is 0 Å². The van der Waals surface area contributed by atoms with Crippen LogP contribution in [0.2, 0.25) is 0 Å². The molecule has 3 nitrogen and oxygen atoms in total. The summed E-state index contributed by atoms with van der Waals surface area (Å²) in [5.74, 6) is 2.13. The summed E-state index contributed by atoms with van der Waals surface area (Å²) in [5.41, 5.74) is 7.73. The molecule has 3 heteroatoms. The standard InChI is InChI=1S/C19H31NO2/c1-10-3-4-13-12(10)5-6-14-16(13)18(22)17(21)15-9-11(20)7-8-19(14,15)2/h11-18,21-22H,1,3-9,20H2,2H3/t11-,12?,13?,14?,15?,16?,17+,18?,19+/m0/s1. The molecule has 4 rings (SSSR count). The summed E-state index contributed by atoms with van der Waals surface area (Å²) in [6, 6.07) is 0.194. The number of rotatable bonds is 0. The Hall–Kier alpha value is -0.380. The second-order valence-corrected chi connectivity index (χ2v) is 8.86. The molecule has 4 fully saturated rings. The zero-order valence-corrected chi connectivity index (χ0v) is 13.7. The van der Waals surface area contributed by atoms with Crippen LogP contribution in [0.15, 0.2) is 12.2 Å². The average Bonchev–Trinajstić information content (AvgIpc) is 2.88. The fraction of sp³-hybridized carbons (Fsp3) is 0.895. The third-order valence-electron chi connectivity index (χ3n) is 8.05. The number of aliphatic hydroxyl groups excluding tert-OH is 2. The van der Waals surface area contributed by atoms with Crippen molar-refractivity contribution in [3.8, 4) is 0 Å². The fourth-order valence-electron chi connectivity index (χ4n) is 6.88. The Balaban J connectivity index is 1.70. The molecular weight excluding hydrogens is 274 g/mol. The van der Waals surface area contributed by atoms with Gasteiger partial charge in [-0.2, -0.15) is 0 Å². The first-order valence-electron chi connectivity index (χ1n) is 9.23. The van der Waals surface area contributed by atoms with Gasteiger partial charge in [-0.1, -0.05) is 19.1 Å². The molecule has 0 bridgehead atoms. The van der Waals surface area contributed by atoms with Crippen LogP contribution in [0.4, 0.5) is 0 Å². The molecule has 0 heterocycles. The van der Waals surface area contributed by atoms with E-state index in [9.17, 15) is 10.2 Å². The van der Waals surface area contributed by atoms with Crippen LogP contribution in [0, 0.1) is 35.0 Å². The van der Waals surface area contributed by atoms with Gasteiger partial charge in [0.05, 0.1) is 12.2 Å². The van der Waals surface area contributed by atoms with Gasteiger partial charge in [0.15, 0.2) is 0 Å². The van der Waals surface area contributed by atoms with Gasteiger partial charge in [0.2, 0.25) is 0 Å². The molecule has 0 spiro atoms. The Morgan fingerprint density at radius 2 is 1.86 bits per heavy atom. The quantitative estimate of drug-likeness (QED) is 0.602. The van der Waals surface area contributed by atoms with Crippen LogP contribution in [-0.4, -0.2) is 28.5 Å². The Morgan fingerprint density at radius 1 is 1.09 bits per heavy atom. The molecule has 0 saturated heterocycles. The molecule has 0 aliphatic heterocycles. The fourth-order valence-corrected chi connectivity index (χ4v) is 6.88. The van der Waals surface area contributed by atoms with Crippen LogP contribution in [0.1, 0.15) is 51.9 Å². The molecule has 6 unspecified atom stereocenters. The molecule has 0 aromatic rings. The monoisotopic (exact) mass is 305 g/mol. The van der Waals surface area contributed by atoms with E-state index in [1.54, 1.807) is 0 Å². The van der Waals surface area contributed by atoms with Gasteiger partial charge < -0.3 is 15.9 Å². The van der Waals surface area contributed by atoms with E-state index >= 15 is 0 Å². The highest BCUT2D eigenvalue weighted by atomic mass is 16.3. The Kier molecular flexibility index (Phi) is 3.49. The van der Waals surface area contributed by atoms with Gasteiger partial charge >= 0.3 is 0 Å². The van der Waals surface area contributed by atoms with Crippen molar-refractivity contribution in [3.63, 3.8) is 0 Å². The number of hydrogen-bond donors (Lipinski definition) is 3. The molecule has 0 aromatic carbocycles. The van der Waals surface area contributed by atoms with E-state index in [1.807, 2.05) is 0 Å². The zero-order valence-electron chi connectivity index (χ0n) is 13.7. The van der Waals surface area contributed by atoms with E-state index in [-0.39, 0.29) is 23.3 Å². The minimum Gasteiger partial charge on any atom is -0.390 e. The lowest BCUT2D eigenvalue weighted by Gasteiger charge is -2.61. The first kappa shape index (κ1) is 15.2. The van der Waals surface area contributed by atoms with Crippen molar-refractivity contribution >= 4 is 0 Å². The lowest BCUT2D eigenvalue weighted by Crippen LogP contribution is -2.63. The van der Waals surface area contributed by atoms with Gasteiger partial charge in [0, 0.05) is 6.04 Å². The molecule has 9 atom stereocenters. The molecule has 4 aliphatic rings. The topological polar surface area (TPSA) is 66.5 Å². The van der Waals surface area contributed by atoms with E-state index in [4.69, 9.17) is 5.73 Å². The highest BCUT2D eigenvalue weighted by Crippen LogP contribution is 2.63. The Bertz CT molecular complexity index is 478. The number of fused-ring (bicyclic) bond motifs is 5. The van der Waals surface area contributed by atoms with Crippen molar-refractivity contribution in [1.29, 1.82) is 0 Å². The van der Waals surface area contributed by atoms with Crippen LogP contribution >= 0.6 is 0 Å². The van der Waals surface area contributed by atoms with Crippen LogP contribution in [0.25, 0.3) is 0 Å². The number of hydrogen-bond acceptors (Lipinski definition) is 3. The third kappa shape index (κ3) is 1.91. The first-order chi connectivity index (χ1) is 10.4. The summed E-state index contributed by atoms with van der Waals surface area (Å²) in [4.78, 5) is 0. The minimum absolute atomic E-state index is 0.161. The van der Waals surface area contributed by atoms with Crippen molar-refractivity contribution in [2.75, 3.05) is 0 Å². The molecule has 22 heavy (non-hydrogen) atoms. The van der Waals surface area contributed by atoms with E-state index in [0.29, 0.717) is 17.8 Å². The largest absolute Gasteiger partial charge is 0.390 e. The maximum atomic E-state index is 10.9. The van der Waals surface area contributed by atoms with Crippen molar-refractivity contribution in [2.24, 2.45) is 40.7 Å². The molecule has 0 aromatic heterocycles. The van der Waals surface area contributed by atoms with E-state index in [2.05, 4.69) is 13.5 Å². The van der Waals surface area contributed by atoms with Crippen molar-refractivity contribution in [3.05, 3.63) is 12.2 Å². The minimum atomic E-state index is -0.592. The summed E-state index contributed by atoms with van der Waals surface area (Å²) in [6.45, 7) is 6.64. The maximum Gasteiger partial charge on any atom is 0.0836 e. The van der Waals surface area contributed by atoms with Crippen molar-refractivity contribution < 1.29 is 10.2 Å².